The summed E-state index contributed by atoms with van der Waals surface area (Å²) in [5.41, 5.74) is 1.55. The molecule has 1 aliphatic heterocycles. The van der Waals surface area contributed by atoms with E-state index in [4.69, 9.17) is 0 Å². The van der Waals surface area contributed by atoms with Crippen molar-refractivity contribution in [2.75, 3.05) is 31.1 Å². The van der Waals surface area contributed by atoms with Crippen molar-refractivity contribution in [3.63, 3.8) is 0 Å². The zero-order valence-corrected chi connectivity index (χ0v) is 19.2. The highest BCUT2D eigenvalue weighted by Crippen LogP contribution is 2.23. The Labute approximate surface area is 187 Å². The van der Waals surface area contributed by atoms with Crippen LogP contribution in [0.5, 0.6) is 0 Å². The first-order valence-electron chi connectivity index (χ1n) is 10.4. The third-order valence-corrected chi connectivity index (χ3v) is 8.00. The van der Waals surface area contributed by atoms with Gasteiger partial charge in [0, 0.05) is 33.2 Å². The van der Waals surface area contributed by atoms with Crippen molar-refractivity contribution in [3.8, 4) is 5.69 Å². The van der Waals surface area contributed by atoms with Gasteiger partial charge < -0.3 is 4.90 Å². The van der Waals surface area contributed by atoms with Crippen molar-refractivity contribution in [1.82, 2.24) is 13.4 Å². The maximum atomic E-state index is 13.1. The number of sulfonamides is 1. The molecule has 0 amide bonds. The summed E-state index contributed by atoms with van der Waals surface area (Å²) in [6.07, 6.45) is 0. The molecule has 0 unspecified atom stereocenters. The Bertz CT molecular complexity index is 1370. The molecule has 0 bridgehead atoms. The second-order valence-electron chi connectivity index (χ2n) is 7.91. The van der Waals surface area contributed by atoms with E-state index in [1.54, 1.807) is 32.0 Å². The number of hydrogen-bond acceptors (Lipinski definition) is 5. The molecule has 1 saturated heterocycles. The van der Waals surface area contributed by atoms with Crippen molar-refractivity contribution < 1.29 is 8.42 Å². The molecule has 0 spiro atoms. The lowest BCUT2D eigenvalue weighted by Gasteiger charge is -2.36. The average molecular weight is 455 g/mol. The lowest BCUT2D eigenvalue weighted by atomic mass is 10.2. The molecular weight excluding hydrogens is 428 g/mol. The normalized spacial score (nSPS) is 15.2. The summed E-state index contributed by atoms with van der Waals surface area (Å²) < 4.78 is 30.3. The largest absolute Gasteiger partial charge is 0.363 e. The van der Waals surface area contributed by atoms with E-state index < -0.39 is 15.7 Å². The van der Waals surface area contributed by atoms with Gasteiger partial charge in [-0.3, -0.25) is 13.9 Å². The van der Waals surface area contributed by atoms with E-state index >= 15 is 0 Å². The van der Waals surface area contributed by atoms with Crippen LogP contribution in [-0.4, -0.2) is 48.0 Å². The first kappa shape index (κ1) is 22.0. The fourth-order valence-corrected chi connectivity index (χ4v) is 5.83. The van der Waals surface area contributed by atoms with Crippen LogP contribution < -0.4 is 16.1 Å². The van der Waals surface area contributed by atoms with Crippen LogP contribution in [0.3, 0.4) is 0 Å². The van der Waals surface area contributed by atoms with Crippen LogP contribution in [0.2, 0.25) is 0 Å². The molecule has 0 aliphatic carbocycles. The van der Waals surface area contributed by atoms with E-state index in [1.165, 1.54) is 15.9 Å². The molecule has 3 aromatic rings. The SMILES string of the molecule is Cc1ccccc1S(=O)(=O)N1CCN(c2c(C)n(-c3ccccc3)c(=O)n(C)c2=O)CC1. The van der Waals surface area contributed by atoms with Gasteiger partial charge in [0.1, 0.15) is 5.69 Å². The van der Waals surface area contributed by atoms with Crippen molar-refractivity contribution >= 4 is 15.7 Å². The van der Waals surface area contributed by atoms with Crippen LogP contribution in [0, 0.1) is 13.8 Å². The summed E-state index contributed by atoms with van der Waals surface area (Å²) in [6.45, 7) is 4.75. The van der Waals surface area contributed by atoms with E-state index in [-0.39, 0.29) is 18.6 Å². The number of rotatable bonds is 4. The number of piperazine rings is 1. The maximum Gasteiger partial charge on any atom is 0.335 e. The molecule has 32 heavy (non-hydrogen) atoms. The molecule has 1 aromatic heterocycles. The van der Waals surface area contributed by atoms with Gasteiger partial charge in [-0.2, -0.15) is 4.31 Å². The first-order valence-corrected chi connectivity index (χ1v) is 11.9. The van der Waals surface area contributed by atoms with Crippen LogP contribution in [0.15, 0.2) is 69.1 Å². The van der Waals surface area contributed by atoms with Crippen molar-refractivity contribution in [2.24, 2.45) is 7.05 Å². The molecule has 8 nitrogen and oxygen atoms in total. The molecule has 2 heterocycles. The minimum absolute atomic E-state index is 0.254. The van der Waals surface area contributed by atoms with Crippen molar-refractivity contribution in [1.29, 1.82) is 0 Å². The van der Waals surface area contributed by atoms with E-state index in [1.807, 2.05) is 41.3 Å². The standard InChI is InChI=1S/C23H26N4O4S/c1-17-9-7-8-12-20(17)32(30,31)26-15-13-25(14-16-26)21-18(2)27(19-10-5-4-6-11-19)23(29)24(3)22(21)28/h4-12H,13-16H2,1-3H3. The Kier molecular flexibility index (Phi) is 5.79. The molecule has 0 saturated carbocycles. The zero-order chi connectivity index (χ0) is 23.0. The molecule has 2 aromatic carbocycles. The fourth-order valence-electron chi connectivity index (χ4n) is 4.18. The Balaban J connectivity index is 1.68. The van der Waals surface area contributed by atoms with E-state index in [2.05, 4.69) is 0 Å². The Morgan fingerprint density at radius 2 is 1.41 bits per heavy atom. The third-order valence-electron chi connectivity index (χ3n) is 5.94. The van der Waals surface area contributed by atoms with Crippen LogP contribution in [0.1, 0.15) is 11.3 Å². The third kappa shape index (κ3) is 3.67. The lowest BCUT2D eigenvalue weighted by molar-refractivity contribution is 0.383. The maximum absolute atomic E-state index is 13.1. The summed E-state index contributed by atoms with van der Waals surface area (Å²) in [5, 5.41) is 0. The monoisotopic (exact) mass is 454 g/mol. The first-order chi connectivity index (χ1) is 15.2. The summed E-state index contributed by atoms with van der Waals surface area (Å²) >= 11 is 0. The van der Waals surface area contributed by atoms with Crippen LogP contribution in [-0.2, 0) is 17.1 Å². The summed E-state index contributed by atoms with van der Waals surface area (Å²) in [4.78, 5) is 28.0. The fraction of sp³-hybridized carbons (Fsp3) is 0.304. The quantitative estimate of drug-likeness (QED) is 0.599. The summed E-state index contributed by atoms with van der Waals surface area (Å²) in [5.74, 6) is 0. The van der Waals surface area contributed by atoms with Gasteiger partial charge in [-0.05, 0) is 37.6 Å². The summed E-state index contributed by atoms with van der Waals surface area (Å²) in [7, 11) is -2.15. The molecule has 0 radical (unpaired) electrons. The van der Waals surface area contributed by atoms with E-state index in [0.717, 1.165) is 4.57 Å². The Morgan fingerprint density at radius 3 is 2.03 bits per heavy atom. The highest BCUT2D eigenvalue weighted by Gasteiger charge is 2.31. The number of anilines is 1. The second-order valence-corrected chi connectivity index (χ2v) is 9.81. The van der Waals surface area contributed by atoms with Gasteiger partial charge in [0.25, 0.3) is 5.56 Å². The topological polar surface area (TPSA) is 84.6 Å². The lowest BCUT2D eigenvalue weighted by Crippen LogP contribution is -2.52. The predicted molar refractivity (Wildman–Crippen MR) is 124 cm³/mol. The Morgan fingerprint density at radius 1 is 0.812 bits per heavy atom. The molecule has 9 heteroatoms. The smallest absolute Gasteiger partial charge is 0.335 e. The number of nitrogens with zero attached hydrogens (tertiary/aromatic N) is 4. The molecular formula is C23H26N4O4S. The molecule has 168 valence electrons. The van der Waals surface area contributed by atoms with Gasteiger partial charge in [0.2, 0.25) is 10.0 Å². The zero-order valence-electron chi connectivity index (χ0n) is 18.4. The number of aryl methyl sites for hydroxylation is 1. The van der Waals surface area contributed by atoms with Crippen LogP contribution in [0.25, 0.3) is 5.69 Å². The van der Waals surface area contributed by atoms with Gasteiger partial charge in [-0.1, -0.05) is 36.4 Å². The van der Waals surface area contributed by atoms with Gasteiger partial charge >= 0.3 is 5.69 Å². The van der Waals surface area contributed by atoms with Crippen molar-refractivity contribution in [3.05, 3.63) is 86.7 Å². The van der Waals surface area contributed by atoms with E-state index in [0.29, 0.717) is 40.6 Å². The molecule has 0 N–H and O–H groups in total. The van der Waals surface area contributed by atoms with Gasteiger partial charge in [0.15, 0.2) is 0 Å². The number of para-hydroxylation sites is 1. The molecule has 1 fully saturated rings. The minimum atomic E-state index is -3.62. The minimum Gasteiger partial charge on any atom is -0.363 e. The average Bonchev–Trinajstić information content (AvgIpc) is 2.79. The van der Waals surface area contributed by atoms with Gasteiger partial charge in [-0.15, -0.1) is 0 Å². The van der Waals surface area contributed by atoms with Gasteiger partial charge in [-0.25, -0.2) is 13.2 Å². The van der Waals surface area contributed by atoms with Gasteiger partial charge in [0.05, 0.1) is 16.3 Å². The number of benzene rings is 2. The number of hydrogen-bond donors (Lipinski definition) is 0. The van der Waals surface area contributed by atoms with E-state index in [9.17, 15) is 18.0 Å². The number of aromatic nitrogens is 2. The van der Waals surface area contributed by atoms with Crippen LogP contribution in [0.4, 0.5) is 5.69 Å². The molecule has 0 atom stereocenters. The molecule has 1 aliphatic rings. The predicted octanol–water partition coefficient (Wildman–Crippen LogP) is 1.66. The highest BCUT2D eigenvalue weighted by molar-refractivity contribution is 7.89. The van der Waals surface area contributed by atoms with Crippen molar-refractivity contribution in [2.45, 2.75) is 18.7 Å². The highest BCUT2D eigenvalue weighted by atomic mass is 32.2. The molecule has 4 rings (SSSR count). The van der Waals surface area contributed by atoms with Crippen LogP contribution >= 0.6 is 0 Å². The Hall–Kier alpha value is -3.17. The summed E-state index contributed by atoms with van der Waals surface area (Å²) in [6, 6.07) is 16.1. The second kappa shape index (κ2) is 8.40.